The number of ether oxygens (including phenoxy) is 1. The molecule has 4 heteroatoms. The van der Waals surface area contributed by atoms with Crippen molar-refractivity contribution in [2.75, 3.05) is 52.4 Å². The van der Waals surface area contributed by atoms with Crippen LogP contribution in [0.1, 0.15) is 25.7 Å². The zero-order valence-electron chi connectivity index (χ0n) is 11.4. The predicted molar refractivity (Wildman–Crippen MR) is 72.9 cm³/mol. The highest BCUT2D eigenvalue weighted by atomic mass is 16.5. The molecule has 3 rings (SSSR count). The molecule has 3 aliphatic rings. The molecule has 0 saturated carbocycles. The average Bonchev–Trinajstić information content (AvgIpc) is 2.46. The number of morpholine rings is 1. The van der Waals surface area contributed by atoms with E-state index in [0.29, 0.717) is 6.10 Å². The molecule has 0 bridgehead atoms. The van der Waals surface area contributed by atoms with Crippen LogP contribution in [0.5, 0.6) is 0 Å². The Labute approximate surface area is 111 Å². The molecule has 4 nitrogen and oxygen atoms in total. The van der Waals surface area contributed by atoms with Gasteiger partial charge < -0.3 is 15.0 Å². The second kappa shape index (κ2) is 6.33. The number of nitrogens with one attached hydrogen (secondary N) is 1. The molecule has 0 amide bonds. The van der Waals surface area contributed by atoms with Crippen LogP contribution in [-0.4, -0.2) is 74.4 Å². The highest BCUT2D eigenvalue weighted by Crippen LogP contribution is 2.21. The van der Waals surface area contributed by atoms with Crippen molar-refractivity contribution in [2.45, 2.75) is 37.8 Å². The molecule has 104 valence electrons. The van der Waals surface area contributed by atoms with E-state index in [1.54, 1.807) is 0 Å². The van der Waals surface area contributed by atoms with Gasteiger partial charge in [0.1, 0.15) is 0 Å². The van der Waals surface area contributed by atoms with E-state index < -0.39 is 0 Å². The molecule has 0 radical (unpaired) electrons. The summed E-state index contributed by atoms with van der Waals surface area (Å²) in [5, 5.41) is 3.42. The number of fused-ring (bicyclic) bond motifs is 1. The van der Waals surface area contributed by atoms with E-state index in [4.69, 9.17) is 4.74 Å². The lowest BCUT2D eigenvalue weighted by Crippen LogP contribution is -2.55. The standard InChI is InChI=1S/C14H27N3O/c1-2-6-17-9-8-16(12-13(17)3-1)7-4-14-11-15-5-10-18-14/h13-15H,1-12H2. The molecule has 2 atom stereocenters. The van der Waals surface area contributed by atoms with Crippen LogP contribution in [0.3, 0.4) is 0 Å². The van der Waals surface area contributed by atoms with Crippen molar-refractivity contribution in [3.8, 4) is 0 Å². The van der Waals surface area contributed by atoms with Crippen molar-refractivity contribution in [1.29, 1.82) is 0 Å². The zero-order valence-corrected chi connectivity index (χ0v) is 11.4. The maximum absolute atomic E-state index is 5.78. The normalized spacial score (nSPS) is 35.3. The minimum absolute atomic E-state index is 0.447. The SMILES string of the molecule is C1CCN2CCN(CCC3CNCCO3)CC2C1. The molecule has 3 heterocycles. The highest BCUT2D eigenvalue weighted by Gasteiger charge is 2.28. The summed E-state index contributed by atoms with van der Waals surface area (Å²) in [4.78, 5) is 5.36. The number of hydrogen-bond donors (Lipinski definition) is 1. The van der Waals surface area contributed by atoms with Gasteiger partial charge in [-0.05, 0) is 25.8 Å². The minimum atomic E-state index is 0.447. The van der Waals surface area contributed by atoms with E-state index in [1.165, 1.54) is 58.4 Å². The lowest BCUT2D eigenvalue weighted by atomic mass is 9.99. The second-order valence-electron chi connectivity index (χ2n) is 5.97. The van der Waals surface area contributed by atoms with Crippen molar-refractivity contribution in [2.24, 2.45) is 0 Å². The van der Waals surface area contributed by atoms with Crippen LogP contribution in [-0.2, 0) is 4.74 Å². The summed E-state index contributed by atoms with van der Waals surface area (Å²) in [5.41, 5.74) is 0. The number of piperidine rings is 1. The Bertz CT molecular complexity index is 255. The monoisotopic (exact) mass is 253 g/mol. The van der Waals surface area contributed by atoms with Crippen LogP contribution in [0.15, 0.2) is 0 Å². The molecule has 0 spiro atoms. The van der Waals surface area contributed by atoms with Gasteiger partial charge in [0.2, 0.25) is 0 Å². The lowest BCUT2D eigenvalue weighted by Gasteiger charge is -2.44. The Hall–Kier alpha value is -0.160. The van der Waals surface area contributed by atoms with Gasteiger partial charge in [-0.2, -0.15) is 0 Å². The van der Waals surface area contributed by atoms with E-state index in [2.05, 4.69) is 15.1 Å². The fourth-order valence-electron chi connectivity index (χ4n) is 3.56. The first-order valence-electron chi connectivity index (χ1n) is 7.70. The third kappa shape index (κ3) is 3.23. The van der Waals surface area contributed by atoms with Crippen LogP contribution in [0.4, 0.5) is 0 Å². The maximum Gasteiger partial charge on any atom is 0.0712 e. The Morgan fingerprint density at radius 3 is 3.06 bits per heavy atom. The first-order valence-corrected chi connectivity index (χ1v) is 7.70. The molecule has 3 fully saturated rings. The van der Waals surface area contributed by atoms with E-state index in [1.807, 2.05) is 0 Å². The van der Waals surface area contributed by atoms with Crippen molar-refractivity contribution in [3.05, 3.63) is 0 Å². The van der Waals surface area contributed by atoms with E-state index in [-0.39, 0.29) is 0 Å². The van der Waals surface area contributed by atoms with Gasteiger partial charge in [-0.25, -0.2) is 0 Å². The molecule has 2 unspecified atom stereocenters. The van der Waals surface area contributed by atoms with Gasteiger partial charge in [0.15, 0.2) is 0 Å². The molecular formula is C14H27N3O. The molecule has 0 aromatic rings. The predicted octanol–water partition coefficient (Wildman–Crippen LogP) is 0.535. The van der Waals surface area contributed by atoms with Crippen LogP contribution in [0, 0.1) is 0 Å². The summed E-state index contributed by atoms with van der Waals surface area (Å²) >= 11 is 0. The molecule has 3 aliphatic heterocycles. The minimum Gasteiger partial charge on any atom is -0.376 e. The molecule has 0 aliphatic carbocycles. The van der Waals surface area contributed by atoms with Crippen molar-refractivity contribution in [3.63, 3.8) is 0 Å². The lowest BCUT2D eigenvalue weighted by molar-refractivity contribution is 0.00462. The zero-order chi connectivity index (χ0) is 12.2. The summed E-state index contributed by atoms with van der Waals surface area (Å²) < 4.78 is 5.78. The van der Waals surface area contributed by atoms with Crippen LogP contribution in [0.2, 0.25) is 0 Å². The molecule has 1 N–H and O–H groups in total. The quantitative estimate of drug-likeness (QED) is 0.794. The summed E-state index contributed by atoms with van der Waals surface area (Å²) in [6, 6.07) is 0.845. The van der Waals surface area contributed by atoms with Gasteiger partial charge in [0.05, 0.1) is 12.7 Å². The topological polar surface area (TPSA) is 27.7 Å². The number of hydrogen-bond acceptors (Lipinski definition) is 4. The van der Waals surface area contributed by atoms with Gasteiger partial charge in [-0.15, -0.1) is 0 Å². The van der Waals surface area contributed by atoms with Gasteiger partial charge in [0, 0.05) is 45.3 Å². The van der Waals surface area contributed by atoms with Gasteiger partial charge in [-0.3, -0.25) is 4.90 Å². The molecule has 0 aromatic carbocycles. The summed E-state index contributed by atoms with van der Waals surface area (Å²) in [6.07, 6.45) is 5.91. The van der Waals surface area contributed by atoms with E-state index in [9.17, 15) is 0 Å². The number of rotatable bonds is 3. The smallest absolute Gasteiger partial charge is 0.0712 e. The Kier molecular flexibility index (Phi) is 4.52. The van der Waals surface area contributed by atoms with Gasteiger partial charge in [-0.1, -0.05) is 6.42 Å². The van der Waals surface area contributed by atoms with Crippen molar-refractivity contribution < 1.29 is 4.74 Å². The Morgan fingerprint density at radius 2 is 2.17 bits per heavy atom. The molecular weight excluding hydrogens is 226 g/mol. The molecule has 18 heavy (non-hydrogen) atoms. The van der Waals surface area contributed by atoms with E-state index in [0.717, 1.165) is 25.7 Å². The highest BCUT2D eigenvalue weighted by molar-refractivity contribution is 4.85. The third-order valence-electron chi connectivity index (χ3n) is 4.69. The number of nitrogens with zero attached hydrogens (tertiary/aromatic N) is 2. The van der Waals surface area contributed by atoms with Crippen molar-refractivity contribution >= 4 is 0 Å². The van der Waals surface area contributed by atoms with Crippen LogP contribution in [0.25, 0.3) is 0 Å². The average molecular weight is 253 g/mol. The Morgan fingerprint density at radius 1 is 1.17 bits per heavy atom. The summed E-state index contributed by atoms with van der Waals surface area (Å²) in [6.45, 7) is 9.36. The second-order valence-corrected chi connectivity index (χ2v) is 5.97. The first kappa shape index (κ1) is 12.9. The Balaban J connectivity index is 1.40. The van der Waals surface area contributed by atoms with E-state index >= 15 is 0 Å². The maximum atomic E-state index is 5.78. The fraction of sp³-hybridized carbons (Fsp3) is 1.00. The molecule has 3 saturated heterocycles. The summed E-state index contributed by atoms with van der Waals surface area (Å²) in [7, 11) is 0. The largest absolute Gasteiger partial charge is 0.376 e. The van der Waals surface area contributed by atoms with Crippen LogP contribution < -0.4 is 5.32 Å². The summed E-state index contributed by atoms with van der Waals surface area (Å²) in [5.74, 6) is 0. The first-order chi connectivity index (χ1) is 8.92. The molecule has 0 aromatic heterocycles. The number of piperazine rings is 1. The van der Waals surface area contributed by atoms with Gasteiger partial charge >= 0.3 is 0 Å². The van der Waals surface area contributed by atoms with Crippen LogP contribution >= 0.6 is 0 Å². The van der Waals surface area contributed by atoms with Crippen molar-refractivity contribution in [1.82, 2.24) is 15.1 Å². The van der Waals surface area contributed by atoms with Gasteiger partial charge in [0.25, 0.3) is 0 Å². The fourth-order valence-corrected chi connectivity index (χ4v) is 3.56. The third-order valence-corrected chi connectivity index (χ3v) is 4.69.